The fourth-order valence-corrected chi connectivity index (χ4v) is 1.54. The number of benzene rings is 2. The number of aromatic hydroxyl groups is 1. The maximum Gasteiger partial charge on any atom is 0.339 e. The molecule has 2 rings (SSSR count). The molecule has 2 aromatic carbocycles. The third-order valence-corrected chi connectivity index (χ3v) is 2.55. The maximum atomic E-state index is 10.9. The Labute approximate surface area is 119 Å². The predicted molar refractivity (Wildman–Crippen MR) is 75.0 cm³/mol. The van der Waals surface area contributed by atoms with Crippen molar-refractivity contribution < 1.29 is 19.8 Å². The van der Waals surface area contributed by atoms with Crippen LogP contribution in [0.3, 0.4) is 0 Å². The Morgan fingerprint density at radius 2 is 1.67 bits per heavy atom. The minimum Gasteiger partial charge on any atom is -0.507 e. The number of hydrogen-bond acceptors (Lipinski definition) is 5. The molecule has 0 aromatic heterocycles. The zero-order valence-electron chi connectivity index (χ0n) is 10.6. The number of aromatic carboxylic acids is 1. The molecule has 1 radical (unpaired) electrons. The molecule has 7 heteroatoms. The lowest BCUT2D eigenvalue weighted by Crippen LogP contribution is -1.95. The summed E-state index contributed by atoms with van der Waals surface area (Å²) in [6, 6.07) is 10.4. The number of hydrogen-bond donors (Lipinski definition) is 3. The van der Waals surface area contributed by atoms with Crippen LogP contribution in [0.5, 0.6) is 5.75 Å². The van der Waals surface area contributed by atoms with Gasteiger partial charge >= 0.3 is 12.4 Å². The van der Waals surface area contributed by atoms with Crippen molar-refractivity contribution in [3.05, 3.63) is 48.0 Å². The van der Waals surface area contributed by atoms with E-state index >= 15 is 0 Å². The van der Waals surface area contributed by atoms with E-state index in [1.165, 1.54) is 18.2 Å². The van der Waals surface area contributed by atoms with Crippen LogP contribution < -0.4 is 5.32 Å². The summed E-state index contributed by atoms with van der Waals surface area (Å²) in [6.45, 7) is 0. The van der Waals surface area contributed by atoms with Crippen LogP contribution in [0.15, 0.2) is 52.7 Å². The lowest BCUT2D eigenvalue weighted by molar-refractivity contribution is 0.0694. The van der Waals surface area contributed by atoms with Crippen LogP contribution >= 0.6 is 0 Å². The molecule has 0 unspecified atom stereocenters. The van der Waals surface area contributed by atoms with Crippen LogP contribution in [0.4, 0.5) is 17.1 Å². The van der Waals surface area contributed by atoms with Gasteiger partial charge in [0.05, 0.1) is 11.4 Å². The molecule has 3 N–H and O–H groups in total. The van der Waals surface area contributed by atoms with Crippen LogP contribution in [0.25, 0.3) is 0 Å². The van der Waals surface area contributed by atoms with Crippen molar-refractivity contribution in [2.24, 2.45) is 10.2 Å². The highest BCUT2D eigenvalue weighted by molar-refractivity contribution is 5.91. The quantitative estimate of drug-likeness (QED) is 0.578. The molecule has 105 valence electrons. The Hall–Kier alpha value is -3.22. The van der Waals surface area contributed by atoms with Crippen molar-refractivity contribution in [1.29, 1.82) is 0 Å². The lowest BCUT2D eigenvalue weighted by Gasteiger charge is -2.00. The Kier molecular flexibility index (Phi) is 4.25. The molecule has 7 nitrogen and oxygen atoms in total. The second-order valence-corrected chi connectivity index (χ2v) is 3.98. The number of azo groups is 1. The third kappa shape index (κ3) is 3.63. The van der Waals surface area contributed by atoms with Crippen molar-refractivity contribution in [3.8, 4) is 5.75 Å². The SMILES string of the molecule is O=[C]Nc1ccc(N=Nc2ccc(O)c(C(=O)O)c2)cc1. The highest BCUT2D eigenvalue weighted by Gasteiger charge is 2.09. The van der Waals surface area contributed by atoms with Gasteiger partial charge in [0.1, 0.15) is 11.3 Å². The Morgan fingerprint density at radius 3 is 2.29 bits per heavy atom. The average Bonchev–Trinajstić information content (AvgIpc) is 2.48. The summed E-state index contributed by atoms with van der Waals surface area (Å²) in [4.78, 5) is 21.0. The molecule has 0 saturated heterocycles. The third-order valence-electron chi connectivity index (χ3n) is 2.55. The molecule has 2 aromatic rings. The molecule has 21 heavy (non-hydrogen) atoms. The van der Waals surface area contributed by atoms with Gasteiger partial charge in [-0.2, -0.15) is 10.2 Å². The standard InChI is InChI=1S/C14H10N3O4/c18-8-15-9-1-3-10(4-2-9)16-17-11-5-6-13(19)12(7-11)14(20)21/h1-7,19H,(H,15,18)(H,20,21). The number of carbonyl (C=O) groups is 1. The summed E-state index contributed by atoms with van der Waals surface area (Å²) in [5, 5.41) is 28.5. The highest BCUT2D eigenvalue weighted by atomic mass is 16.4. The van der Waals surface area contributed by atoms with Gasteiger partial charge < -0.3 is 15.5 Å². The summed E-state index contributed by atoms with van der Waals surface area (Å²) < 4.78 is 0. The fourth-order valence-electron chi connectivity index (χ4n) is 1.54. The van der Waals surface area contributed by atoms with Gasteiger partial charge in [-0.3, -0.25) is 4.79 Å². The van der Waals surface area contributed by atoms with Gasteiger partial charge in [-0.15, -0.1) is 0 Å². The Balaban J connectivity index is 2.19. The first-order valence-corrected chi connectivity index (χ1v) is 5.81. The number of nitrogens with one attached hydrogen (secondary N) is 1. The molecule has 0 aliphatic carbocycles. The van der Waals surface area contributed by atoms with E-state index in [4.69, 9.17) is 5.11 Å². The van der Waals surface area contributed by atoms with Crippen molar-refractivity contribution in [3.63, 3.8) is 0 Å². The second kappa shape index (κ2) is 6.29. The molecule has 0 saturated carbocycles. The van der Waals surface area contributed by atoms with Crippen molar-refractivity contribution in [1.82, 2.24) is 0 Å². The number of carbonyl (C=O) groups excluding carboxylic acids is 1. The maximum absolute atomic E-state index is 10.9. The number of nitrogens with zero attached hydrogens (tertiary/aromatic N) is 2. The first kappa shape index (κ1) is 14.2. The van der Waals surface area contributed by atoms with Crippen molar-refractivity contribution in [2.45, 2.75) is 0 Å². The number of anilines is 1. The smallest absolute Gasteiger partial charge is 0.339 e. The van der Waals surface area contributed by atoms with Crippen LogP contribution in [-0.2, 0) is 4.79 Å². The number of carboxylic acid groups (broad SMARTS) is 1. The molecule has 0 aliphatic rings. The lowest BCUT2D eigenvalue weighted by atomic mass is 10.2. The zero-order chi connectivity index (χ0) is 15.2. The second-order valence-electron chi connectivity index (χ2n) is 3.98. The van der Waals surface area contributed by atoms with E-state index in [9.17, 15) is 14.7 Å². The normalized spacial score (nSPS) is 10.5. The molecule has 0 bridgehead atoms. The molecule has 0 aliphatic heterocycles. The van der Waals surface area contributed by atoms with E-state index < -0.39 is 5.97 Å². The predicted octanol–water partition coefficient (Wildman–Crippen LogP) is 2.98. The van der Waals surface area contributed by atoms with E-state index in [-0.39, 0.29) is 11.3 Å². The highest BCUT2D eigenvalue weighted by Crippen LogP contribution is 2.25. The molecule has 0 heterocycles. The van der Waals surface area contributed by atoms with E-state index in [1.807, 2.05) is 0 Å². The summed E-state index contributed by atoms with van der Waals surface area (Å²) in [5.41, 5.74) is 1.15. The number of phenols is 1. The number of rotatable bonds is 5. The molecular formula is C14H10N3O4. The molecule has 0 atom stereocenters. The summed E-state index contributed by atoms with van der Waals surface area (Å²) in [5.74, 6) is -1.58. The summed E-state index contributed by atoms with van der Waals surface area (Å²) in [7, 11) is 0. The van der Waals surface area contributed by atoms with E-state index in [1.54, 1.807) is 30.7 Å². The van der Waals surface area contributed by atoms with Gasteiger partial charge in [-0.25, -0.2) is 4.79 Å². The van der Waals surface area contributed by atoms with Gasteiger partial charge in [0, 0.05) is 5.69 Å². The Morgan fingerprint density at radius 1 is 1.05 bits per heavy atom. The number of amides is 1. The van der Waals surface area contributed by atoms with Gasteiger partial charge in [-0.05, 0) is 42.5 Å². The number of carboxylic acids is 1. The first-order valence-electron chi connectivity index (χ1n) is 5.81. The molecule has 0 spiro atoms. The summed E-state index contributed by atoms with van der Waals surface area (Å²) >= 11 is 0. The topological polar surface area (TPSA) is 111 Å². The van der Waals surface area contributed by atoms with E-state index in [0.29, 0.717) is 17.1 Å². The average molecular weight is 284 g/mol. The van der Waals surface area contributed by atoms with Gasteiger partial charge in [0.25, 0.3) is 0 Å². The molecule has 0 fully saturated rings. The van der Waals surface area contributed by atoms with Crippen LogP contribution in [0.2, 0.25) is 0 Å². The first-order chi connectivity index (χ1) is 10.1. The van der Waals surface area contributed by atoms with E-state index in [2.05, 4.69) is 15.5 Å². The zero-order valence-corrected chi connectivity index (χ0v) is 10.6. The van der Waals surface area contributed by atoms with Gasteiger partial charge in [0.2, 0.25) is 0 Å². The fraction of sp³-hybridized carbons (Fsp3) is 0. The minimum atomic E-state index is -1.25. The largest absolute Gasteiger partial charge is 0.507 e. The van der Waals surface area contributed by atoms with Crippen LogP contribution in [0, 0.1) is 0 Å². The van der Waals surface area contributed by atoms with E-state index in [0.717, 1.165) is 0 Å². The minimum absolute atomic E-state index is 0.243. The Bertz CT molecular complexity index is 696. The summed E-state index contributed by atoms with van der Waals surface area (Å²) in [6.07, 6.45) is 1.55. The van der Waals surface area contributed by atoms with Gasteiger partial charge in [0.15, 0.2) is 0 Å². The van der Waals surface area contributed by atoms with Crippen molar-refractivity contribution >= 4 is 29.4 Å². The van der Waals surface area contributed by atoms with Crippen LogP contribution in [0.1, 0.15) is 10.4 Å². The molecular weight excluding hydrogens is 274 g/mol. The van der Waals surface area contributed by atoms with Gasteiger partial charge in [-0.1, -0.05) is 0 Å². The molecule has 1 amide bonds. The van der Waals surface area contributed by atoms with Crippen LogP contribution in [-0.4, -0.2) is 22.6 Å². The monoisotopic (exact) mass is 284 g/mol. The van der Waals surface area contributed by atoms with Crippen molar-refractivity contribution in [2.75, 3.05) is 5.32 Å².